The molecule has 0 bridgehead atoms. The van der Waals surface area contributed by atoms with E-state index in [-0.39, 0.29) is 18.2 Å². The van der Waals surface area contributed by atoms with Crippen LogP contribution in [0, 0.1) is 0 Å². The summed E-state index contributed by atoms with van der Waals surface area (Å²) in [5, 5.41) is 18.1. The largest absolute Gasteiger partial charge is 0.367 e. The third kappa shape index (κ3) is 3.90. The van der Waals surface area contributed by atoms with Gasteiger partial charge in [-0.2, -0.15) is 14.7 Å². The van der Waals surface area contributed by atoms with E-state index in [4.69, 9.17) is 4.98 Å². The van der Waals surface area contributed by atoms with E-state index < -0.39 is 0 Å². The van der Waals surface area contributed by atoms with Crippen LogP contribution in [0.2, 0.25) is 0 Å². The maximum atomic E-state index is 12.0. The van der Waals surface area contributed by atoms with Gasteiger partial charge in [0.2, 0.25) is 5.91 Å². The summed E-state index contributed by atoms with van der Waals surface area (Å²) in [5.74, 6) is 0.838. The van der Waals surface area contributed by atoms with Crippen molar-refractivity contribution in [2.24, 2.45) is 0 Å². The number of fused-ring (bicyclic) bond motifs is 1. The Kier molecular flexibility index (Phi) is 4.83. The lowest BCUT2D eigenvalue weighted by molar-refractivity contribution is -0.124. The summed E-state index contributed by atoms with van der Waals surface area (Å²) in [6.45, 7) is 0.545. The monoisotopic (exact) mass is 454 g/mol. The minimum Gasteiger partial charge on any atom is -0.367 e. The second-order valence-corrected chi connectivity index (χ2v) is 8.44. The molecule has 1 aliphatic heterocycles. The van der Waals surface area contributed by atoms with Crippen molar-refractivity contribution in [2.45, 2.75) is 31.8 Å². The second-order valence-electron chi connectivity index (χ2n) is 8.44. The standard InChI is InChI=1S/C24H22N8O2/c33-22-11-16(24(34)30-22)10-17-14-27-32-21(28-18-6-7-18)12-20(29-23(17)32)25-13-15-4-1-2-5-19(15)31-9-3-8-26-31/h1-5,8-10,12,14,18,28H,6-7,11,13H2,(H,25,29)(H,30,33,34)/b16-10+. The van der Waals surface area contributed by atoms with E-state index >= 15 is 0 Å². The number of imide groups is 1. The Morgan fingerprint density at radius 3 is 2.79 bits per heavy atom. The molecule has 1 aromatic carbocycles. The van der Waals surface area contributed by atoms with Gasteiger partial charge in [0.05, 0.1) is 18.3 Å². The van der Waals surface area contributed by atoms with E-state index in [2.05, 4.69) is 32.2 Å². The topological polar surface area (TPSA) is 118 Å². The molecule has 2 aliphatic rings. The average Bonchev–Trinajstić information content (AvgIpc) is 3.20. The summed E-state index contributed by atoms with van der Waals surface area (Å²) < 4.78 is 3.57. The van der Waals surface area contributed by atoms with Crippen molar-refractivity contribution >= 4 is 35.2 Å². The van der Waals surface area contributed by atoms with Gasteiger partial charge in [-0.05, 0) is 36.6 Å². The van der Waals surface area contributed by atoms with Crippen molar-refractivity contribution in [3.63, 3.8) is 0 Å². The smallest absolute Gasteiger partial charge is 0.254 e. The zero-order valence-corrected chi connectivity index (χ0v) is 18.2. The summed E-state index contributed by atoms with van der Waals surface area (Å²) >= 11 is 0. The van der Waals surface area contributed by atoms with Gasteiger partial charge in [0, 0.05) is 42.2 Å². The summed E-state index contributed by atoms with van der Waals surface area (Å²) in [7, 11) is 0. The fourth-order valence-electron chi connectivity index (χ4n) is 4.00. The van der Waals surface area contributed by atoms with Gasteiger partial charge < -0.3 is 10.6 Å². The molecule has 3 aromatic heterocycles. The minimum absolute atomic E-state index is 0.0610. The van der Waals surface area contributed by atoms with Gasteiger partial charge in [-0.3, -0.25) is 14.9 Å². The molecule has 34 heavy (non-hydrogen) atoms. The highest BCUT2D eigenvalue weighted by Gasteiger charge is 2.25. The fourth-order valence-corrected chi connectivity index (χ4v) is 4.00. The first-order valence-electron chi connectivity index (χ1n) is 11.2. The summed E-state index contributed by atoms with van der Waals surface area (Å²) in [5.41, 5.74) is 3.75. The number of anilines is 2. The lowest BCUT2D eigenvalue weighted by Gasteiger charge is -2.13. The molecular weight excluding hydrogens is 432 g/mol. The van der Waals surface area contributed by atoms with Gasteiger partial charge in [-0.1, -0.05) is 18.2 Å². The van der Waals surface area contributed by atoms with Crippen molar-refractivity contribution in [1.82, 2.24) is 29.7 Å². The van der Waals surface area contributed by atoms with Crippen LogP contribution in [0.1, 0.15) is 30.4 Å². The molecule has 0 radical (unpaired) electrons. The quantitative estimate of drug-likeness (QED) is 0.290. The maximum absolute atomic E-state index is 12.0. The van der Waals surface area contributed by atoms with Crippen LogP contribution in [0.3, 0.4) is 0 Å². The van der Waals surface area contributed by atoms with Crippen LogP contribution >= 0.6 is 0 Å². The van der Waals surface area contributed by atoms with Crippen LogP contribution < -0.4 is 16.0 Å². The Hall–Kier alpha value is -4.47. The van der Waals surface area contributed by atoms with Crippen molar-refractivity contribution in [1.29, 1.82) is 0 Å². The number of nitrogens with one attached hydrogen (secondary N) is 3. The van der Waals surface area contributed by atoms with Crippen molar-refractivity contribution in [2.75, 3.05) is 10.6 Å². The number of hydrogen-bond donors (Lipinski definition) is 3. The van der Waals surface area contributed by atoms with E-state index in [1.165, 1.54) is 0 Å². The third-order valence-electron chi connectivity index (χ3n) is 5.86. The van der Waals surface area contributed by atoms with E-state index in [1.54, 1.807) is 23.0 Å². The number of para-hydroxylation sites is 1. The molecule has 2 fully saturated rings. The van der Waals surface area contributed by atoms with Crippen LogP contribution in [0.25, 0.3) is 17.4 Å². The van der Waals surface area contributed by atoms with E-state index in [0.717, 1.165) is 29.9 Å². The zero-order valence-electron chi connectivity index (χ0n) is 18.2. The number of aromatic nitrogens is 5. The number of hydrogen-bond acceptors (Lipinski definition) is 7. The van der Waals surface area contributed by atoms with Crippen LogP contribution in [-0.2, 0) is 16.1 Å². The van der Waals surface area contributed by atoms with Gasteiger partial charge in [-0.15, -0.1) is 0 Å². The summed E-state index contributed by atoms with van der Waals surface area (Å²) in [4.78, 5) is 28.4. The Morgan fingerprint density at radius 1 is 1.15 bits per heavy atom. The first-order valence-corrected chi connectivity index (χ1v) is 11.2. The number of nitrogens with zero attached hydrogens (tertiary/aromatic N) is 5. The van der Waals surface area contributed by atoms with Gasteiger partial charge in [-0.25, -0.2) is 9.67 Å². The normalized spacial score (nSPS) is 16.9. The molecule has 10 heteroatoms. The number of carbonyl (C=O) groups excluding carboxylic acids is 2. The first kappa shape index (κ1) is 20.2. The van der Waals surface area contributed by atoms with E-state index in [0.29, 0.717) is 35.2 Å². The van der Waals surface area contributed by atoms with Gasteiger partial charge in [0.15, 0.2) is 5.65 Å². The van der Waals surface area contributed by atoms with Crippen molar-refractivity contribution in [3.8, 4) is 5.69 Å². The van der Waals surface area contributed by atoms with E-state index in [1.807, 2.05) is 41.2 Å². The van der Waals surface area contributed by atoms with Crippen LogP contribution in [0.4, 0.5) is 11.6 Å². The second kappa shape index (κ2) is 8.14. The van der Waals surface area contributed by atoms with Crippen LogP contribution in [-0.4, -0.2) is 42.2 Å². The third-order valence-corrected chi connectivity index (χ3v) is 5.86. The highest BCUT2D eigenvalue weighted by atomic mass is 16.2. The molecular formula is C24H22N8O2. The maximum Gasteiger partial charge on any atom is 0.254 e. The Labute approximate surface area is 194 Å². The molecule has 0 atom stereocenters. The van der Waals surface area contributed by atoms with Crippen molar-refractivity contribution < 1.29 is 9.59 Å². The molecule has 1 saturated carbocycles. The molecule has 4 aromatic rings. The fraction of sp³-hybridized carbons (Fsp3) is 0.208. The summed E-state index contributed by atoms with van der Waals surface area (Å²) in [6, 6.07) is 12.3. The van der Waals surface area contributed by atoms with Crippen LogP contribution in [0.15, 0.2) is 60.6 Å². The zero-order chi connectivity index (χ0) is 23.1. The molecule has 4 heterocycles. The molecule has 170 valence electrons. The lowest BCUT2D eigenvalue weighted by atomic mass is 10.1. The molecule has 1 aliphatic carbocycles. The molecule has 3 N–H and O–H groups in total. The summed E-state index contributed by atoms with van der Waals surface area (Å²) in [6.07, 6.45) is 9.31. The molecule has 2 amide bonds. The Morgan fingerprint density at radius 2 is 2.03 bits per heavy atom. The van der Waals surface area contributed by atoms with Crippen molar-refractivity contribution in [3.05, 3.63) is 71.7 Å². The van der Waals surface area contributed by atoms with Gasteiger partial charge >= 0.3 is 0 Å². The molecule has 0 unspecified atom stereocenters. The highest BCUT2D eigenvalue weighted by Crippen LogP contribution is 2.28. The predicted molar refractivity (Wildman–Crippen MR) is 126 cm³/mol. The first-order chi connectivity index (χ1) is 16.6. The number of rotatable bonds is 7. The molecule has 0 spiro atoms. The van der Waals surface area contributed by atoms with Crippen LogP contribution in [0.5, 0.6) is 0 Å². The minimum atomic E-state index is -0.370. The molecule has 10 nitrogen and oxygen atoms in total. The number of benzene rings is 1. The number of carbonyl (C=O) groups is 2. The van der Waals surface area contributed by atoms with Gasteiger partial charge in [0.1, 0.15) is 11.6 Å². The van der Waals surface area contributed by atoms with Gasteiger partial charge in [0.25, 0.3) is 5.91 Å². The Bertz CT molecular complexity index is 1430. The predicted octanol–water partition coefficient (Wildman–Crippen LogP) is 2.53. The van der Waals surface area contributed by atoms with E-state index in [9.17, 15) is 9.59 Å². The lowest BCUT2D eigenvalue weighted by Crippen LogP contribution is -2.19. The highest BCUT2D eigenvalue weighted by molar-refractivity contribution is 6.15. The molecule has 1 saturated heterocycles. The average molecular weight is 454 g/mol. The number of amides is 2. The SMILES string of the molecule is O=C1C/C(=C\c2cnn3c(NC4CC4)cc(NCc4ccccc4-n4cccn4)nc23)C(=O)N1. The Balaban J connectivity index is 1.34. The molecule has 6 rings (SSSR count).